The monoisotopic (exact) mass is 480 g/mol. The maximum Gasteiger partial charge on any atom is 0.347 e. The first-order valence-corrected chi connectivity index (χ1v) is 11.7. The minimum Gasteiger partial charge on any atom is -0.478 e. The summed E-state index contributed by atoms with van der Waals surface area (Å²) in [4.78, 5) is 23.8. The quantitative estimate of drug-likeness (QED) is 0.297. The molecule has 4 aromatic rings. The summed E-state index contributed by atoms with van der Waals surface area (Å²) in [5, 5.41) is 2.61. The van der Waals surface area contributed by atoms with Crippen LogP contribution in [0.2, 0.25) is 0 Å². The lowest BCUT2D eigenvalue weighted by atomic mass is 10.0. The molecule has 0 N–H and O–H groups in total. The number of aryl methyl sites for hydroxylation is 1. The van der Waals surface area contributed by atoms with E-state index in [0.29, 0.717) is 55.2 Å². The highest BCUT2D eigenvalue weighted by atomic mass is 19.1. The zero-order valence-electron chi connectivity index (χ0n) is 20.2. The summed E-state index contributed by atoms with van der Waals surface area (Å²) in [6.07, 6.45) is 2.68. The van der Waals surface area contributed by atoms with Crippen LogP contribution in [-0.4, -0.2) is 77.7 Å². The van der Waals surface area contributed by atoms with E-state index in [9.17, 15) is 4.79 Å². The predicted octanol–water partition coefficient (Wildman–Crippen LogP) is 2.39. The summed E-state index contributed by atoms with van der Waals surface area (Å²) in [5.74, 6) is -0.0899. The van der Waals surface area contributed by atoms with Crippen molar-refractivity contribution < 1.29 is 13.9 Å². The second-order valence-corrected chi connectivity index (χ2v) is 8.94. The Hall–Kier alpha value is -3.50. The van der Waals surface area contributed by atoms with Gasteiger partial charge in [0.05, 0.1) is 38.4 Å². The Morgan fingerprint density at radius 1 is 1.11 bits per heavy atom. The molecule has 184 valence electrons. The second kappa shape index (κ2) is 9.63. The Morgan fingerprint density at radius 2 is 1.89 bits per heavy atom. The van der Waals surface area contributed by atoms with Gasteiger partial charge in [-0.2, -0.15) is 4.39 Å². The van der Waals surface area contributed by atoms with E-state index in [1.165, 1.54) is 4.57 Å². The number of benzene rings is 1. The lowest BCUT2D eigenvalue weighted by molar-refractivity contribution is 0.111. The maximum absolute atomic E-state index is 15.0. The van der Waals surface area contributed by atoms with Gasteiger partial charge in [0.15, 0.2) is 0 Å². The molecule has 1 aliphatic rings. The molecule has 9 nitrogen and oxygen atoms in total. The Labute approximate surface area is 202 Å². The van der Waals surface area contributed by atoms with Crippen molar-refractivity contribution in [1.29, 1.82) is 0 Å². The summed E-state index contributed by atoms with van der Waals surface area (Å²) in [6, 6.07) is 9.40. The van der Waals surface area contributed by atoms with Crippen molar-refractivity contribution in [2.45, 2.75) is 6.42 Å². The molecule has 1 fully saturated rings. The molecule has 4 heterocycles. The third-order valence-electron chi connectivity index (χ3n) is 6.24. The van der Waals surface area contributed by atoms with Gasteiger partial charge in [-0.15, -0.1) is 0 Å². The van der Waals surface area contributed by atoms with Gasteiger partial charge in [-0.3, -0.25) is 4.57 Å². The summed E-state index contributed by atoms with van der Waals surface area (Å²) in [7, 11) is 5.64. The van der Waals surface area contributed by atoms with E-state index in [2.05, 4.69) is 14.9 Å². The Kier molecular flexibility index (Phi) is 6.40. The highest BCUT2D eigenvalue weighted by Crippen LogP contribution is 2.30. The maximum atomic E-state index is 15.0. The number of halogens is 1. The third kappa shape index (κ3) is 4.46. The van der Waals surface area contributed by atoms with Crippen LogP contribution in [-0.2, 0) is 11.8 Å². The van der Waals surface area contributed by atoms with Gasteiger partial charge in [-0.25, -0.2) is 19.4 Å². The molecule has 0 spiro atoms. The van der Waals surface area contributed by atoms with Gasteiger partial charge in [0.2, 0.25) is 11.8 Å². The van der Waals surface area contributed by atoms with Crippen LogP contribution < -0.4 is 15.4 Å². The number of aromatic nitrogens is 4. The SMILES string of the molecule is CN(C)CCCOc1ccc(-c2ccc3nc(F)c4c(c3c2)n(N2CCOCC2)c(=O)n4C)cn1. The predicted molar refractivity (Wildman–Crippen MR) is 133 cm³/mol. The molecule has 5 rings (SSSR count). The van der Waals surface area contributed by atoms with E-state index < -0.39 is 5.95 Å². The van der Waals surface area contributed by atoms with Crippen molar-refractivity contribution >= 4 is 21.9 Å². The van der Waals surface area contributed by atoms with E-state index in [0.717, 1.165) is 24.1 Å². The van der Waals surface area contributed by atoms with Crippen LogP contribution in [0.3, 0.4) is 0 Å². The molecule has 1 aromatic carbocycles. The standard InChI is InChI=1S/C25H29FN6O3/c1-29(2)9-4-12-35-21-8-6-18(16-27-21)17-5-7-20-19(15-17)22-23(24(26)28-20)30(3)25(33)32(22)31-10-13-34-14-11-31/h5-8,15-16H,4,9-14H2,1-3H3. The van der Waals surface area contributed by atoms with Gasteiger partial charge < -0.3 is 19.4 Å². The summed E-state index contributed by atoms with van der Waals surface area (Å²) in [6.45, 7) is 3.66. The number of imidazole rings is 1. The first-order valence-electron chi connectivity index (χ1n) is 11.7. The van der Waals surface area contributed by atoms with E-state index in [-0.39, 0.29) is 11.2 Å². The average Bonchev–Trinajstić information content (AvgIpc) is 3.14. The number of rotatable bonds is 7. The fourth-order valence-corrected chi connectivity index (χ4v) is 4.44. The van der Waals surface area contributed by atoms with Crippen LogP contribution >= 0.6 is 0 Å². The third-order valence-corrected chi connectivity index (χ3v) is 6.24. The van der Waals surface area contributed by atoms with Crippen LogP contribution in [0.15, 0.2) is 41.3 Å². The smallest absolute Gasteiger partial charge is 0.347 e. The molecular weight excluding hydrogens is 451 g/mol. The van der Waals surface area contributed by atoms with Crippen molar-refractivity contribution in [2.24, 2.45) is 7.05 Å². The average molecular weight is 481 g/mol. The van der Waals surface area contributed by atoms with Gasteiger partial charge in [-0.1, -0.05) is 6.07 Å². The molecule has 0 bridgehead atoms. The van der Waals surface area contributed by atoms with Crippen LogP contribution in [0.1, 0.15) is 6.42 Å². The summed E-state index contributed by atoms with van der Waals surface area (Å²) in [5.41, 5.74) is 2.66. The molecule has 0 amide bonds. The molecule has 0 saturated carbocycles. The first-order chi connectivity index (χ1) is 16.9. The van der Waals surface area contributed by atoms with Crippen LogP contribution in [0.5, 0.6) is 5.88 Å². The molecule has 1 saturated heterocycles. The van der Waals surface area contributed by atoms with Gasteiger partial charge in [0.25, 0.3) is 0 Å². The molecule has 35 heavy (non-hydrogen) atoms. The van der Waals surface area contributed by atoms with E-state index >= 15 is 4.39 Å². The Morgan fingerprint density at radius 3 is 2.60 bits per heavy atom. The van der Waals surface area contributed by atoms with E-state index in [1.54, 1.807) is 24.0 Å². The number of nitrogens with zero attached hydrogens (tertiary/aromatic N) is 6. The summed E-state index contributed by atoms with van der Waals surface area (Å²) < 4.78 is 29.1. The number of hydrogen-bond acceptors (Lipinski definition) is 7. The van der Waals surface area contributed by atoms with E-state index in [4.69, 9.17) is 9.47 Å². The lowest BCUT2D eigenvalue weighted by Crippen LogP contribution is -2.48. The second-order valence-electron chi connectivity index (χ2n) is 8.94. The largest absolute Gasteiger partial charge is 0.478 e. The minimum absolute atomic E-state index is 0.186. The number of fused-ring (bicyclic) bond motifs is 3. The Balaban J connectivity index is 1.54. The van der Waals surface area contributed by atoms with Crippen LogP contribution in [0, 0.1) is 5.95 Å². The molecule has 0 aliphatic carbocycles. The Bertz CT molecular complexity index is 1410. The lowest BCUT2D eigenvalue weighted by Gasteiger charge is -2.29. The molecule has 3 aromatic heterocycles. The highest BCUT2D eigenvalue weighted by molar-refractivity contribution is 6.04. The fraction of sp³-hybridized carbons (Fsp3) is 0.400. The molecule has 0 atom stereocenters. The molecule has 1 aliphatic heterocycles. The first kappa shape index (κ1) is 23.3. The van der Waals surface area contributed by atoms with Gasteiger partial charge in [0, 0.05) is 36.8 Å². The summed E-state index contributed by atoms with van der Waals surface area (Å²) >= 11 is 0. The molecule has 10 heteroatoms. The van der Waals surface area contributed by atoms with Gasteiger partial charge in [0.1, 0.15) is 11.0 Å². The van der Waals surface area contributed by atoms with E-state index in [1.807, 2.05) is 43.4 Å². The van der Waals surface area contributed by atoms with Crippen molar-refractivity contribution in [3.05, 3.63) is 53.0 Å². The normalized spacial score (nSPS) is 14.4. The fourth-order valence-electron chi connectivity index (χ4n) is 4.44. The van der Waals surface area contributed by atoms with Crippen molar-refractivity contribution in [2.75, 3.05) is 58.6 Å². The van der Waals surface area contributed by atoms with Crippen molar-refractivity contribution in [3.8, 4) is 17.0 Å². The number of ether oxygens (including phenoxy) is 2. The van der Waals surface area contributed by atoms with Gasteiger partial charge in [-0.05, 0) is 44.3 Å². The number of pyridine rings is 2. The zero-order valence-corrected chi connectivity index (χ0v) is 20.2. The molecular formula is C25H29FN6O3. The highest BCUT2D eigenvalue weighted by Gasteiger charge is 2.24. The van der Waals surface area contributed by atoms with Gasteiger partial charge >= 0.3 is 5.69 Å². The molecule has 0 radical (unpaired) electrons. The topological polar surface area (TPSA) is 77.7 Å². The van der Waals surface area contributed by atoms with Crippen molar-refractivity contribution in [3.63, 3.8) is 0 Å². The van der Waals surface area contributed by atoms with Crippen LogP contribution in [0.4, 0.5) is 4.39 Å². The van der Waals surface area contributed by atoms with Crippen molar-refractivity contribution in [1.82, 2.24) is 24.1 Å². The minimum atomic E-state index is -0.663. The number of hydrogen-bond donors (Lipinski definition) is 0. The number of morpholine rings is 1. The zero-order chi connectivity index (χ0) is 24.5. The molecule has 0 unspecified atom stereocenters. The van der Waals surface area contributed by atoms with Crippen LogP contribution in [0.25, 0.3) is 33.1 Å².